The monoisotopic (exact) mass is 448 g/mol. The predicted molar refractivity (Wildman–Crippen MR) is 113 cm³/mol. The lowest BCUT2D eigenvalue weighted by Crippen LogP contribution is -2.48. The van der Waals surface area contributed by atoms with Crippen LogP contribution in [0.25, 0.3) is 0 Å². The zero-order valence-corrected chi connectivity index (χ0v) is 18.2. The Bertz CT molecular complexity index is 1180. The number of hydrogen-bond acceptors (Lipinski definition) is 6. The Kier molecular flexibility index (Phi) is 5.48. The highest BCUT2D eigenvalue weighted by atomic mass is 32.2. The molecular weight excluding hydrogens is 427 g/mol. The minimum atomic E-state index is -3.83. The molecule has 2 aromatic heterocycles. The third-order valence-corrected chi connectivity index (χ3v) is 8.05. The molecule has 0 atom stereocenters. The Morgan fingerprint density at radius 3 is 2.33 bits per heavy atom. The number of benzene rings is 1. The lowest BCUT2D eigenvalue weighted by atomic mass is 10.2. The number of carbonyl (C=O) groups excluding carboxylic acids is 1. The van der Waals surface area contributed by atoms with Crippen LogP contribution in [0.3, 0.4) is 0 Å². The second-order valence-electron chi connectivity index (χ2n) is 7.13. The fraction of sp³-hybridized carbons (Fsp3) is 0.300. The molecule has 158 valence electrons. The summed E-state index contributed by atoms with van der Waals surface area (Å²) in [6, 6.07) is 9.40. The van der Waals surface area contributed by atoms with Crippen LogP contribution in [0.1, 0.15) is 21.1 Å². The first-order chi connectivity index (χ1) is 14.3. The maximum atomic E-state index is 13.3. The largest absolute Gasteiger partial charge is 0.369 e. The zero-order chi connectivity index (χ0) is 21.5. The molecular formula is C20H21FN4O3S2. The summed E-state index contributed by atoms with van der Waals surface area (Å²) < 4.78 is 42.3. The van der Waals surface area contributed by atoms with Crippen molar-refractivity contribution in [2.24, 2.45) is 0 Å². The SMILES string of the molecule is Cc1cc(C)n(C(=O)c2sccc2S(=O)(=O)N2CCN(c3ccc(F)cc3)CC2)n1. The number of thiophene rings is 1. The molecule has 4 rings (SSSR count). The maximum Gasteiger partial charge on any atom is 0.289 e. The van der Waals surface area contributed by atoms with Gasteiger partial charge in [0.2, 0.25) is 10.0 Å². The van der Waals surface area contributed by atoms with Crippen molar-refractivity contribution in [1.29, 1.82) is 0 Å². The second kappa shape index (κ2) is 7.93. The molecule has 7 nitrogen and oxygen atoms in total. The van der Waals surface area contributed by atoms with E-state index in [1.165, 1.54) is 27.2 Å². The van der Waals surface area contributed by atoms with Crippen LogP contribution in [0.4, 0.5) is 10.1 Å². The molecule has 0 unspecified atom stereocenters. The lowest BCUT2D eigenvalue weighted by Gasteiger charge is -2.35. The molecule has 30 heavy (non-hydrogen) atoms. The van der Waals surface area contributed by atoms with Gasteiger partial charge < -0.3 is 4.90 Å². The number of halogens is 1. The van der Waals surface area contributed by atoms with Crippen LogP contribution in [-0.4, -0.2) is 54.6 Å². The van der Waals surface area contributed by atoms with Gasteiger partial charge in [0, 0.05) is 37.6 Å². The number of anilines is 1. The normalized spacial score (nSPS) is 15.5. The molecule has 0 bridgehead atoms. The van der Waals surface area contributed by atoms with Crippen LogP contribution in [0.2, 0.25) is 0 Å². The molecule has 1 aliphatic rings. The number of carbonyl (C=O) groups is 1. The minimum absolute atomic E-state index is 0.0142. The van der Waals surface area contributed by atoms with E-state index in [4.69, 9.17) is 0 Å². The summed E-state index contributed by atoms with van der Waals surface area (Å²) in [6.07, 6.45) is 0. The molecule has 0 aliphatic carbocycles. The van der Waals surface area contributed by atoms with Crippen LogP contribution >= 0.6 is 11.3 Å². The summed E-state index contributed by atoms with van der Waals surface area (Å²) in [6.45, 7) is 5.06. The lowest BCUT2D eigenvalue weighted by molar-refractivity contribution is 0.0943. The van der Waals surface area contributed by atoms with E-state index < -0.39 is 15.9 Å². The molecule has 1 aliphatic heterocycles. The topological polar surface area (TPSA) is 75.5 Å². The summed E-state index contributed by atoms with van der Waals surface area (Å²) >= 11 is 1.10. The highest BCUT2D eigenvalue weighted by Gasteiger charge is 2.33. The van der Waals surface area contributed by atoms with Crippen LogP contribution in [0.5, 0.6) is 0 Å². The quantitative estimate of drug-likeness (QED) is 0.614. The average Bonchev–Trinajstić information content (AvgIpc) is 3.35. The number of piperazine rings is 1. The van der Waals surface area contributed by atoms with Crippen molar-refractivity contribution >= 4 is 33.0 Å². The molecule has 0 radical (unpaired) electrons. The van der Waals surface area contributed by atoms with Gasteiger partial charge in [0.1, 0.15) is 15.6 Å². The predicted octanol–water partition coefficient (Wildman–Crippen LogP) is 2.90. The number of rotatable bonds is 4. The summed E-state index contributed by atoms with van der Waals surface area (Å²) in [7, 11) is -3.83. The Labute approximate surface area is 178 Å². The van der Waals surface area contributed by atoms with Crippen molar-refractivity contribution in [2.75, 3.05) is 31.1 Å². The summed E-state index contributed by atoms with van der Waals surface area (Å²) in [5.74, 6) is -0.753. The highest BCUT2D eigenvalue weighted by molar-refractivity contribution is 7.89. The van der Waals surface area contributed by atoms with E-state index in [2.05, 4.69) is 5.10 Å². The van der Waals surface area contributed by atoms with Crippen molar-refractivity contribution in [2.45, 2.75) is 18.7 Å². The molecule has 0 saturated carbocycles. The standard InChI is InChI=1S/C20H21FN4O3S2/c1-14-13-15(2)25(22-14)20(26)19-18(7-12-29-19)30(27,28)24-10-8-23(9-11-24)17-5-3-16(21)4-6-17/h3-7,12-13H,8-11H2,1-2H3. The Morgan fingerprint density at radius 1 is 1.07 bits per heavy atom. The fourth-order valence-electron chi connectivity index (χ4n) is 3.56. The highest BCUT2D eigenvalue weighted by Crippen LogP contribution is 2.28. The van der Waals surface area contributed by atoms with Crippen molar-refractivity contribution in [3.8, 4) is 0 Å². The first-order valence-electron chi connectivity index (χ1n) is 9.43. The summed E-state index contributed by atoms with van der Waals surface area (Å²) in [5, 5.41) is 5.80. The smallest absolute Gasteiger partial charge is 0.289 e. The van der Waals surface area contributed by atoms with Gasteiger partial charge in [0.05, 0.1) is 5.69 Å². The molecule has 1 saturated heterocycles. The molecule has 0 N–H and O–H groups in total. The molecule has 0 amide bonds. The fourth-order valence-corrected chi connectivity index (χ4v) is 6.31. The van der Waals surface area contributed by atoms with E-state index in [9.17, 15) is 17.6 Å². The van der Waals surface area contributed by atoms with Gasteiger partial charge in [-0.15, -0.1) is 11.3 Å². The molecule has 10 heteroatoms. The Morgan fingerprint density at radius 2 is 1.73 bits per heavy atom. The van der Waals surface area contributed by atoms with Gasteiger partial charge >= 0.3 is 0 Å². The van der Waals surface area contributed by atoms with Gasteiger partial charge in [0.25, 0.3) is 5.91 Å². The van der Waals surface area contributed by atoms with Crippen LogP contribution in [0.15, 0.2) is 46.7 Å². The van der Waals surface area contributed by atoms with E-state index in [0.29, 0.717) is 24.5 Å². The van der Waals surface area contributed by atoms with Crippen molar-refractivity contribution in [1.82, 2.24) is 14.1 Å². The van der Waals surface area contributed by atoms with E-state index in [0.717, 1.165) is 17.0 Å². The van der Waals surface area contributed by atoms with Gasteiger partial charge in [-0.2, -0.15) is 9.40 Å². The number of sulfonamides is 1. The molecule has 0 spiro atoms. The third kappa shape index (κ3) is 3.78. The molecule has 3 aromatic rings. The van der Waals surface area contributed by atoms with Gasteiger partial charge in [-0.25, -0.2) is 17.5 Å². The van der Waals surface area contributed by atoms with Gasteiger partial charge in [0.15, 0.2) is 0 Å². The number of aryl methyl sites for hydroxylation is 2. The van der Waals surface area contributed by atoms with Crippen LogP contribution < -0.4 is 4.90 Å². The van der Waals surface area contributed by atoms with Gasteiger partial charge in [-0.05, 0) is 55.6 Å². The van der Waals surface area contributed by atoms with E-state index in [-0.39, 0.29) is 28.7 Å². The summed E-state index contributed by atoms with van der Waals surface area (Å²) in [5.41, 5.74) is 2.20. The minimum Gasteiger partial charge on any atom is -0.369 e. The molecule has 3 heterocycles. The Balaban J connectivity index is 1.54. The van der Waals surface area contributed by atoms with Crippen molar-refractivity contribution in [3.05, 3.63) is 63.9 Å². The number of hydrogen-bond donors (Lipinski definition) is 0. The number of nitrogens with zero attached hydrogens (tertiary/aromatic N) is 4. The van der Waals surface area contributed by atoms with Crippen LogP contribution in [-0.2, 0) is 10.0 Å². The molecule has 1 aromatic carbocycles. The number of aromatic nitrogens is 2. The van der Waals surface area contributed by atoms with E-state index in [1.807, 2.05) is 4.90 Å². The van der Waals surface area contributed by atoms with Gasteiger partial charge in [-0.1, -0.05) is 0 Å². The van der Waals surface area contributed by atoms with Crippen molar-refractivity contribution in [3.63, 3.8) is 0 Å². The van der Waals surface area contributed by atoms with Gasteiger partial charge in [-0.3, -0.25) is 4.79 Å². The van der Waals surface area contributed by atoms with E-state index >= 15 is 0 Å². The Hall–Kier alpha value is -2.56. The average molecular weight is 449 g/mol. The first-order valence-corrected chi connectivity index (χ1v) is 11.8. The molecule has 1 fully saturated rings. The zero-order valence-electron chi connectivity index (χ0n) is 16.6. The summed E-state index contributed by atoms with van der Waals surface area (Å²) in [4.78, 5) is 15.1. The van der Waals surface area contributed by atoms with Crippen molar-refractivity contribution < 1.29 is 17.6 Å². The second-order valence-corrected chi connectivity index (χ2v) is 9.95. The third-order valence-electron chi connectivity index (χ3n) is 5.07. The van der Waals surface area contributed by atoms with E-state index in [1.54, 1.807) is 37.4 Å². The maximum absolute atomic E-state index is 13.3. The van der Waals surface area contributed by atoms with Crippen LogP contribution in [0, 0.1) is 19.7 Å². The first kappa shape index (κ1) is 20.7.